The normalized spacial score (nSPS) is 32.2. The number of hydrogen-bond acceptors (Lipinski definition) is 6. The molecule has 0 unspecified atom stereocenters. The molecular formula is C24H28N2O5. The summed E-state index contributed by atoms with van der Waals surface area (Å²) in [4.78, 5) is 15.9. The van der Waals surface area contributed by atoms with E-state index in [9.17, 15) is 5.11 Å². The Labute approximate surface area is 181 Å². The van der Waals surface area contributed by atoms with Crippen LogP contribution >= 0.6 is 0 Å². The van der Waals surface area contributed by atoms with Crippen molar-refractivity contribution in [2.24, 2.45) is 5.92 Å². The van der Waals surface area contributed by atoms with E-state index in [2.05, 4.69) is 23.0 Å². The lowest BCUT2D eigenvalue weighted by Gasteiger charge is -2.58. The van der Waals surface area contributed by atoms with Crippen molar-refractivity contribution in [2.45, 2.75) is 56.3 Å². The van der Waals surface area contributed by atoms with E-state index in [-0.39, 0.29) is 23.4 Å². The summed E-state index contributed by atoms with van der Waals surface area (Å²) >= 11 is 0. The van der Waals surface area contributed by atoms with Gasteiger partial charge in [-0.1, -0.05) is 12.1 Å². The monoisotopic (exact) mass is 424 g/mol. The summed E-state index contributed by atoms with van der Waals surface area (Å²) in [5.41, 5.74) is 2.57. The molecule has 2 aliphatic heterocycles. The quantitative estimate of drug-likeness (QED) is 0.766. The van der Waals surface area contributed by atoms with Gasteiger partial charge in [-0.05, 0) is 62.9 Å². The van der Waals surface area contributed by atoms with Crippen molar-refractivity contribution in [3.05, 3.63) is 47.7 Å². The van der Waals surface area contributed by atoms with Gasteiger partial charge >= 0.3 is 0 Å². The first kappa shape index (κ1) is 20.1. The zero-order valence-corrected chi connectivity index (χ0v) is 17.8. The van der Waals surface area contributed by atoms with Crippen LogP contribution in [0.2, 0.25) is 0 Å². The van der Waals surface area contributed by atoms with E-state index in [1.807, 2.05) is 18.2 Å². The third-order valence-corrected chi connectivity index (χ3v) is 7.45. The molecule has 0 radical (unpaired) electrons. The zero-order valence-electron chi connectivity index (χ0n) is 17.8. The lowest BCUT2D eigenvalue weighted by molar-refractivity contribution is -0.134. The Morgan fingerprint density at radius 2 is 2.10 bits per heavy atom. The number of nitrogens with zero attached hydrogens (tertiary/aromatic N) is 2. The topological polar surface area (TPSA) is 92.1 Å². The van der Waals surface area contributed by atoms with Gasteiger partial charge < -0.3 is 24.6 Å². The van der Waals surface area contributed by atoms with E-state index in [1.54, 1.807) is 12.3 Å². The maximum absolute atomic E-state index is 10.5. The highest BCUT2D eigenvalue weighted by atomic mass is 16.6. The van der Waals surface area contributed by atoms with Crippen LogP contribution in [0.25, 0.3) is 0 Å². The molecule has 1 saturated heterocycles. The van der Waals surface area contributed by atoms with Crippen LogP contribution in [0.1, 0.15) is 37.3 Å². The number of aliphatic carboxylic acids is 1. The van der Waals surface area contributed by atoms with Crippen molar-refractivity contribution >= 4 is 5.97 Å². The number of aromatic nitrogens is 1. The first-order valence-electron chi connectivity index (χ1n) is 10.9. The lowest BCUT2D eigenvalue weighted by Crippen LogP contribution is -2.66. The van der Waals surface area contributed by atoms with E-state index >= 15 is 0 Å². The van der Waals surface area contributed by atoms with Gasteiger partial charge in [0, 0.05) is 36.2 Å². The third kappa shape index (κ3) is 3.05. The van der Waals surface area contributed by atoms with Gasteiger partial charge in [0.15, 0.2) is 11.5 Å². The molecular weight excluding hydrogens is 396 g/mol. The highest BCUT2D eigenvalue weighted by Crippen LogP contribution is 2.63. The summed E-state index contributed by atoms with van der Waals surface area (Å²) in [6.07, 6.45) is 5.85. The Bertz CT molecular complexity index is 993. The molecule has 1 saturated carbocycles. The lowest BCUT2D eigenvalue weighted by atomic mass is 9.51. The fourth-order valence-corrected chi connectivity index (χ4v) is 6.38. The van der Waals surface area contributed by atoms with E-state index in [1.165, 1.54) is 11.1 Å². The summed E-state index contributed by atoms with van der Waals surface area (Å²) < 4.78 is 12.8. The van der Waals surface area contributed by atoms with E-state index in [0.717, 1.165) is 39.2 Å². The van der Waals surface area contributed by atoms with Crippen molar-refractivity contribution in [3.8, 4) is 17.4 Å². The predicted molar refractivity (Wildman–Crippen MR) is 114 cm³/mol. The first-order valence-corrected chi connectivity index (χ1v) is 10.9. The Kier molecular flexibility index (Phi) is 4.81. The molecule has 31 heavy (non-hydrogen) atoms. The second-order valence-corrected chi connectivity index (χ2v) is 9.06. The Morgan fingerprint density at radius 3 is 2.84 bits per heavy atom. The van der Waals surface area contributed by atoms with Gasteiger partial charge in [-0.25, -0.2) is 4.98 Å². The minimum absolute atomic E-state index is 0.0436. The van der Waals surface area contributed by atoms with Crippen LogP contribution in [-0.2, 0) is 16.6 Å². The SMILES string of the molecule is CC(=O)O.CN1CC[C@]23c4c5ccc(O)c4O[C@H]2[C@@H](Oc2ccccn2)CC[C@H]3[C@H]1C5. The molecule has 2 aromatic rings. The highest BCUT2D eigenvalue weighted by molar-refractivity contribution is 5.63. The number of likely N-dealkylation sites (N-methyl/N-ethyl adjacent to an activating group) is 1. The molecule has 2 bridgehead atoms. The van der Waals surface area contributed by atoms with Crippen LogP contribution in [0, 0.1) is 5.92 Å². The van der Waals surface area contributed by atoms with Gasteiger partial charge in [-0.2, -0.15) is 0 Å². The van der Waals surface area contributed by atoms with Crippen molar-refractivity contribution in [1.29, 1.82) is 0 Å². The molecule has 7 nitrogen and oxygen atoms in total. The fourth-order valence-electron chi connectivity index (χ4n) is 6.38. The van der Waals surface area contributed by atoms with Crippen LogP contribution < -0.4 is 9.47 Å². The molecule has 3 heterocycles. The van der Waals surface area contributed by atoms with Crippen LogP contribution in [-0.4, -0.2) is 57.9 Å². The second kappa shape index (κ2) is 7.41. The van der Waals surface area contributed by atoms with Crippen molar-refractivity contribution in [3.63, 3.8) is 0 Å². The number of benzene rings is 1. The van der Waals surface area contributed by atoms with Crippen molar-refractivity contribution < 1.29 is 24.5 Å². The summed E-state index contributed by atoms with van der Waals surface area (Å²) in [5, 5.41) is 18.0. The number of carbonyl (C=O) groups is 1. The Morgan fingerprint density at radius 1 is 1.29 bits per heavy atom. The molecule has 0 amide bonds. The van der Waals surface area contributed by atoms with Gasteiger partial charge in [0.1, 0.15) is 12.2 Å². The minimum atomic E-state index is -0.833. The van der Waals surface area contributed by atoms with Crippen molar-refractivity contribution in [2.75, 3.05) is 13.6 Å². The fraction of sp³-hybridized carbons (Fsp3) is 0.500. The number of aromatic hydroxyl groups is 1. The molecule has 1 spiro atoms. The van der Waals surface area contributed by atoms with Gasteiger partial charge in [0.05, 0.1) is 0 Å². The summed E-state index contributed by atoms with van der Waals surface area (Å²) in [5.74, 6) is 1.36. The number of hydrogen-bond donors (Lipinski definition) is 2. The van der Waals surface area contributed by atoms with Gasteiger partial charge in [0.2, 0.25) is 5.88 Å². The maximum Gasteiger partial charge on any atom is 0.300 e. The molecule has 7 heteroatoms. The van der Waals surface area contributed by atoms with Crippen LogP contribution in [0.15, 0.2) is 36.5 Å². The number of piperidine rings is 1. The van der Waals surface area contributed by atoms with E-state index < -0.39 is 5.97 Å². The largest absolute Gasteiger partial charge is 0.504 e. The minimum Gasteiger partial charge on any atom is -0.504 e. The predicted octanol–water partition coefficient (Wildman–Crippen LogP) is 2.99. The molecule has 4 aliphatic rings. The Hall–Kier alpha value is -2.80. The number of carboxylic acids is 1. The summed E-state index contributed by atoms with van der Waals surface area (Å²) in [6, 6.07) is 10.2. The number of likely N-dealkylation sites (tertiary alicyclic amines) is 1. The average Bonchev–Trinajstić information content (AvgIpc) is 3.09. The zero-order chi connectivity index (χ0) is 21.8. The molecule has 2 aliphatic carbocycles. The maximum atomic E-state index is 10.5. The van der Waals surface area contributed by atoms with E-state index in [4.69, 9.17) is 19.4 Å². The van der Waals surface area contributed by atoms with Crippen LogP contribution in [0.3, 0.4) is 0 Å². The molecule has 1 aromatic carbocycles. The molecule has 6 rings (SSSR count). The number of ether oxygens (including phenoxy) is 2. The highest BCUT2D eigenvalue weighted by Gasteiger charge is 2.66. The molecule has 2 fully saturated rings. The summed E-state index contributed by atoms with van der Waals surface area (Å²) in [6.45, 7) is 2.14. The van der Waals surface area contributed by atoms with Gasteiger partial charge in [-0.15, -0.1) is 0 Å². The molecule has 164 valence electrons. The first-order chi connectivity index (χ1) is 14.9. The number of pyridine rings is 1. The molecule has 5 atom stereocenters. The third-order valence-electron chi connectivity index (χ3n) is 7.45. The average molecular weight is 424 g/mol. The Balaban J connectivity index is 0.000000473. The number of phenolic OH excluding ortho intramolecular Hbond substituents is 1. The summed E-state index contributed by atoms with van der Waals surface area (Å²) in [7, 11) is 2.26. The number of carboxylic acid groups (broad SMARTS) is 1. The van der Waals surface area contributed by atoms with Gasteiger partial charge in [-0.3, -0.25) is 4.79 Å². The van der Waals surface area contributed by atoms with Crippen molar-refractivity contribution in [1.82, 2.24) is 9.88 Å². The second-order valence-electron chi connectivity index (χ2n) is 9.06. The molecule has 2 N–H and O–H groups in total. The van der Waals surface area contributed by atoms with Crippen LogP contribution in [0.5, 0.6) is 17.4 Å². The standard InChI is InChI=1S/C22H24N2O3.C2H4O2/c1-24-11-9-22-14-6-8-17(26-18-4-2-3-10-23-18)21(22)27-20-16(25)7-5-13(19(20)22)12-15(14)24;1-2(3)4/h2-5,7,10,14-15,17,21,25H,6,8-9,11-12H2,1H3;1H3,(H,3,4)/t14-,15+,17-,21-,22-;/m0./s1. The molecule has 1 aromatic heterocycles. The smallest absolute Gasteiger partial charge is 0.300 e. The number of rotatable bonds is 2. The van der Waals surface area contributed by atoms with Gasteiger partial charge in [0.25, 0.3) is 5.97 Å². The van der Waals surface area contributed by atoms with E-state index in [0.29, 0.717) is 23.6 Å². The van der Waals surface area contributed by atoms with Crippen LogP contribution in [0.4, 0.5) is 0 Å². The number of phenols is 1.